The van der Waals surface area contributed by atoms with E-state index >= 15 is 0 Å². The van der Waals surface area contributed by atoms with Crippen LogP contribution in [0.25, 0.3) is 0 Å². The van der Waals surface area contributed by atoms with E-state index in [1.54, 1.807) is 18.9 Å². The number of benzene rings is 3. The number of hydrogen-bond donors (Lipinski definition) is 0. The van der Waals surface area contributed by atoms with Crippen molar-refractivity contribution in [3.05, 3.63) is 89.5 Å². The summed E-state index contributed by atoms with van der Waals surface area (Å²) in [4.78, 5) is 28.5. The summed E-state index contributed by atoms with van der Waals surface area (Å²) in [5.74, 6) is 0.729. The van der Waals surface area contributed by atoms with Crippen LogP contribution in [0.2, 0.25) is 0 Å². The van der Waals surface area contributed by atoms with Crippen molar-refractivity contribution in [2.75, 3.05) is 25.2 Å². The van der Waals surface area contributed by atoms with Crippen LogP contribution in [0, 0.1) is 11.3 Å². The van der Waals surface area contributed by atoms with E-state index < -0.39 is 11.3 Å². The Hall–Kier alpha value is -3.80. The molecule has 0 aliphatic rings. The molecule has 3 rings (SSSR count). The van der Waals surface area contributed by atoms with Crippen LogP contribution in [0.15, 0.2) is 72.8 Å². The van der Waals surface area contributed by atoms with Crippen LogP contribution >= 0.6 is 0 Å². The molecule has 1 amide bonds. The summed E-state index contributed by atoms with van der Waals surface area (Å²) in [6, 6.07) is 23.4. The first-order valence-electron chi connectivity index (χ1n) is 14.0. The Morgan fingerprint density at radius 3 is 2.15 bits per heavy atom. The number of ether oxygens (including phenoxy) is 3. The Morgan fingerprint density at radius 1 is 0.900 bits per heavy atom. The molecule has 1 unspecified atom stereocenters. The maximum Gasteiger partial charge on any atom is 0.313 e. The first-order chi connectivity index (χ1) is 19.0. The predicted molar refractivity (Wildman–Crippen MR) is 160 cm³/mol. The standard InChI is InChI=1S/C34H43NO5/c1-8-39-32(36)29(20-25-14-17-28(18-15-25)40-23-26-12-10-9-11-13-26)27-16-19-31(38-7)30(21-27)35(22-24(2)3)33(37)34(4,5)6/h9-19,21,24,29H,8,20,22-23H2,1-7H3. The smallest absolute Gasteiger partial charge is 0.313 e. The van der Waals surface area contributed by atoms with Crippen LogP contribution < -0.4 is 14.4 Å². The fourth-order valence-corrected chi connectivity index (χ4v) is 4.47. The summed E-state index contributed by atoms with van der Waals surface area (Å²) in [6.45, 7) is 13.0. The number of amides is 1. The van der Waals surface area contributed by atoms with Gasteiger partial charge in [0, 0.05) is 12.0 Å². The molecule has 0 saturated carbocycles. The van der Waals surface area contributed by atoms with E-state index in [0.29, 0.717) is 31.0 Å². The Bertz CT molecular complexity index is 1250. The molecule has 0 fully saturated rings. The number of anilines is 1. The van der Waals surface area contributed by atoms with Gasteiger partial charge in [-0.25, -0.2) is 0 Å². The zero-order valence-corrected chi connectivity index (χ0v) is 24.9. The van der Waals surface area contributed by atoms with Gasteiger partial charge in [-0.1, -0.05) is 83.1 Å². The summed E-state index contributed by atoms with van der Waals surface area (Å²) in [5.41, 5.74) is 2.93. The van der Waals surface area contributed by atoms with Crippen molar-refractivity contribution in [3.8, 4) is 11.5 Å². The van der Waals surface area contributed by atoms with Gasteiger partial charge in [0.1, 0.15) is 18.1 Å². The fraction of sp³-hybridized carbons (Fsp3) is 0.412. The molecule has 0 aliphatic carbocycles. The van der Waals surface area contributed by atoms with Gasteiger partial charge in [0.25, 0.3) is 0 Å². The molecule has 1 atom stereocenters. The van der Waals surface area contributed by atoms with Crippen LogP contribution in [0.1, 0.15) is 64.2 Å². The lowest BCUT2D eigenvalue weighted by Crippen LogP contribution is -2.42. The Labute approximate surface area is 239 Å². The van der Waals surface area contributed by atoms with Gasteiger partial charge < -0.3 is 19.1 Å². The minimum absolute atomic E-state index is 0.00423. The van der Waals surface area contributed by atoms with Crippen molar-refractivity contribution in [2.45, 2.75) is 60.5 Å². The minimum atomic E-state index is -0.583. The van der Waals surface area contributed by atoms with Crippen molar-refractivity contribution in [2.24, 2.45) is 11.3 Å². The van der Waals surface area contributed by atoms with Gasteiger partial charge in [-0.15, -0.1) is 0 Å². The molecule has 0 spiro atoms. The monoisotopic (exact) mass is 545 g/mol. The third-order valence-corrected chi connectivity index (χ3v) is 6.51. The van der Waals surface area contributed by atoms with Crippen molar-refractivity contribution in [1.29, 1.82) is 0 Å². The maximum absolute atomic E-state index is 13.5. The topological polar surface area (TPSA) is 65.1 Å². The normalized spacial score (nSPS) is 12.1. The largest absolute Gasteiger partial charge is 0.495 e. The third-order valence-electron chi connectivity index (χ3n) is 6.51. The lowest BCUT2D eigenvalue weighted by atomic mass is 9.90. The van der Waals surface area contributed by atoms with Gasteiger partial charge in [0.2, 0.25) is 5.91 Å². The molecule has 0 radical (unpaired) electrons. The molecular weight excluding hydrogens is 502 g/mol. The van der Waals surface area contributed by atoms with Crippen LogP contribution in [0.4, 0.5) is 5.69 Å². The molecule has 40 heavy (non-hydrogen) atoms. The first kappa shape index (κ1) is 30.7. The average molecular weight is 546 g/mol. The number of esters is 1. The number of methoxy groups -OCH3 is 1. The van der Waals surface area contributed by atoms with Crippen LogP contribution in [0.5, 0.6) is 11.5 Å². The second-order valence-electron chi connectivity index (χ2n) is 11.4. The van der Waals surface area contributed by atoms with E-state index in [2.05, 4.69) is 13.8 Å². The number of rotatable bonds is 12. The summed E-state index contributed by atoms with van der Waals surface area (Å²) in [5, 5.41) is 0. The van der Waals surface area contributed by atoms with E-state index in [4.69, 9.17) is 14.2 Å². The van der Waals surface area contributed by atoms with Gasteiger partial charge in [-0.05, 0) is 60.2 Å². The summed E-state index contributed by atoms with van der Waals surface area (Å²) in [6.07, 6.45) is 0.445. The first-order valence-corrected chi connectivity index (χ1v) is 14.0. The average Bonchev–Trinajstić information content (AvgIpc) is 2.93. The number of nitrogens with zero attached hydrogens (tertiary/aromatic N) is 1. The Balaban J connectivity index is 1.92. The van der Waals surface area contributed by atoms with Crippen LogP contribution in [-0.2, 0) is 27.4 Å². The highest BCUT2D eigenvalue weighted by atomic mass is 16.5. The zero-order valence-electron chi connectivity index (χ0n) is 24.9. The molecule has 214 valence electrons. The van der Waals surface area contributed by atoms with Crippen molar-refractivity contribution < 1.29 is 23.8 Å². The van der Waals surface area contributed by atoms with Crippen LogP contribution in [-0.4, -0.2) is 32.1 Å². The molecule has 3 aromatic carbocycles. The molecule has 0 aromatic heterocycles. The second kappa shape index (κ2) is 14.0. The van der Waals surface area contributed by atoms with Crippen LogP contribution in [0.3, 0.4) is 0 Å². The minimum Gasteiger partial charge on any atom is -0.495 e. The summed E-state index contributed by atoms with van der Waals surface area (Å²) in [7, 11) is 1.60. The zero-order chi connectivity index (χ0) is 29.3. The van der Waals surface area contributed by atoms with Gasteiger partial charge in [0.05, 0.1) is 25.3 Å². The highest BCUT2D eigenvalue weighted by molar-refractivity contribution is 5.98. The maximum atomic E-state index is 13.5. The molecule has 3 aromatic rings. The van der Waals surface area contributed by atoms with Crippen molar-refractivity contribution >= 4 is 17.6 Å². The van der Waals surface area contributed by atoms with E-state index in [1.165, 1.54) is 0 Å². The molecule has 0 saturated heterocycles. The van der Waals surface area contributed by atoms with Gasteiger partial charge in [-0.3, -0.25) is 9.59 Å². The fourth-order valence-electron chi connectivity index (χ4n) is 4.47. The van der Waals surface area contributed by atoms with E-state index in [1.807, 2.05) is 93.6 Å². The lowest BCUT2D eigenvalue weighted by molar-refractivity contribution is -0.145. The second-order valence-corrected chi connectivity index (χ2v) is 11.4. The SMILES string of the molecule is CCOC(=O)C(Cc1ccc(OCc2ccccc2)cc1)c1ccc(OC)c(N(CC(C)C)C(=O)C(C)(C)C)c1. The Morgan fingerprint density at radius 2 is 1.57 bits per heavy atom. The van der Waals surface area contributed by atoms with E-state index in [9.17, 15) is 9.59 Å². The number of hydrogen-bond acceptors (Lipinski definition) is 5. The number of carbonyl (C=O) groups is 2. The molecule has 0 N–H and O–H groups in total. The van der Waals surface area contributed by atoms with E-state index in [-0.39, 0.29) is 24.4 Å². The van der Waals surface area contributed by atoms with Crippen molar-refractivity contribution in [1.82, 2.24) is 0 Å². The lowest BCUT2D eigenvalue weighted by Gasteiger charge is -2.32. The van der Waals surface area contributed by atoms with Gasteiger partial charge in [-0.2, -0.15) is 0 Å². The summed E-state index contributed by atoms with van der Waals surface area (Å²) < 4.78 is 17.1. The van der Waals surface area contributed by atoms with Gasteiger partial charge in [0.15, 0.2) is 0 Å². The molecule has 0 heterocycles. The third kappa shape index (κ3) is 8.35. The van der Waals surface area contributed by atoms with E-state index in [0.717, 1.165) is 22.4 Å². The van der Waals surface area contributed by atoms with Crippen molar-refractivity contribution in [3.63, 3.8) is 0 Å². The quantitative estimate of drug-likeness (QED) is 0.225. The molecule has 6 heteroatoms. The molecule has 0 aliphatic heterocycles. The summed E-state index contributed by atoms with van der Waals surface area (Å²) >= 11 is 0. The van der Waals surface area contributed by atoms with Gasteiger partial charge >= 0.3 is 5.97 Å². The number of carbonyl (C=O) groups excluding carboxylic acids is 2. The Kier molecular flexibility index (Phi) is 10.8. The highest BCUT2D eigenvalue weighted by Crippen LogP contribution is 2.36. The molecule has 0 bridgehead atoms. The molecular formula is C34H43NO5. The predicted octanol–water partition coefficient (Wildman–Crippen LogP) is 7.20. The highest BCUT2D eigenvalue weighted by Gasteiger charge is 2.32. The molecule has 6 nitrogen and oxygen atoms in total.